The third-order valence-corrected chi connectivity index (χ3v) is 6.60. The van der Waals surface area contributed by atoms with Crippen LogP contribution in [0.1, 0.15) is 19.4 Å². The Kier molecular flexibility index (Phi) is 5.06. The van der Waals surface area contributed by atoms with E-state index in [4.69, 9.17) is 5.10 Å². The van der Waals surface area contributed by atoms with Crippen LogP contribution in [0.4, 0.5) is 0 Å². The van der Waals surface area contributed by atoms with Gasteiger partial charge in [0.15, 0.2) is 5.65 Å². The maximum atomic E-state index is 13.3. The quantitative estimate of drug-likeness (QED) is 0.401. The lowest BCUT2D eigenvalue weighted by molar-refractivity contribution is 0.498. The molecule has 162 valence electrons. The molecule has 32 heavy (non-hydrogen) atoms. The van der Waals surface area contributed by atoms with Gasteiger partial charge in [0, 0.05) is 13.6 Å². The highest BCUT2D eigenvalue weighted by Gasteiger charge is 2.23. The van der Waals surface area contributed by atoms with Gasteiger partial charge in [0.1, 0.15) is 5.39 Å². The second kappa shape index (κ2) is 7.91. The van der Waals surface area contributed by atoms with Gasteiger partial charge in [-0.3, -0.25) is 18.6 Å². The molecule has 7 heteroatoms. The molecule has 0 bridgehead atoms. The number of nitrogens with zero attached hydrogens (tertiary/aromatic N) is 4. The van der Waals surface area contributed by atoms with E-state index in [9.17, 15) is 9.59 Å². The lowest BCUT2D eigenvalue weighted by atomic mass is 10.0. The number of aromatic nitrogens is 4. The number of thiophene rings is 1. The summed E-state index contributed by atoms with van der Waals surface area (Å²) in [5, 5.41) is 9.66. The highest BCUT2D eigenvalue weighted by Crippen LogP contribution is 2.31. The van der Waals surface area contributed by atoms with Crippen LogP contribution in [-0.4, -0.2) is 18.9 Å². The summed E-state index contributed by atoms with van der Waals surface area (Å²) in [6.45, 7) is 5.11. The fourth-order valence-electron chi connectivity index (χ4n) is 4.26. The van der Waals surface area contributed by atoms with E-state index in [0.717, 1.165) is 26.9 Å². The van der Waals surface area contributed by atoms with Crippen LogP contribution in [0.5, 0.6) is 0 Å². The van der Waals surface area contributed by atoms with E-state index in [2.05, 4.69) is 38.1 Å². The molecular formula is C25H24N4O2S. The fourth-order valence-corrected chi connectivity index (χ4v) is 5.04. The number of benzene rings is 2. The van der Waals surface area contributed by atoms with Gasteiger partial charge in [-0.15, -0.1) is 11.3 Å². The van der Waals surface area contributed by atoms with Crippen molar-refractivity contribution in [1.29, 1.82) is 0 Å². The maximum Gasteiger partial charge on any atom is 0.332 e. The van der Waals surface area contributed by atoms with Gasteiger partial charge in [0.05, 0.1) is 17.1 Å². The Morgan fingerprint density at radius 1 is 1.00 bits per heavy atom. The third-order valence-electron chi connectivity index (χ3n) is 5.73. The first-order valence-corrected chi connectivity index (χ1v) is 11.5. The van der Waals surface area contributed by atoms with E-state index in [1.165, 1.54) is 4.57 Å². The van der Waals surface area contributed by atoms with Gasteiger partial charge < -0.3 is 0 Å². The summed E-state index contributed by atoms with van der Waals surface area (Å²) in [5.74, 6) is 0.238. The zero-order chi connectivity index (χ0) is 22.4. The molecule has 5 rings (SSSR count). The van der Waals surface area contributed by atoms with Gasteiger partial charge in [-0.25, -0.2) is 4.79 Å². The van der Waals surface area contributed by atoms with Crippen LogP contribution in [0.15, 0.2) is 69.6 Å². The van der Waals surface area contributed by atoms with Gasteiger partial charge in [0.2, 0.25) is 0 Å². The Hall–Kier alpha value is -3.45. The lowest BCUT2D eigenvalue weighted by Gasteiger charge is -2.10. The minimum Gasteiger partial charge on any atom is -0.276 e. The standard InChI is InChI=1S/C25H24N4O2S/c1-16(2)14-28-23-21(24(30)27(3)25(28)31)22(20-12-7-13-32-20)29(26-23)15-18-10-6-9-17-8-4-5-11-19(17)18/h4-13,16H,14-15H2,1-3H3. The zero-order valence-corrected chi connectivity index (χ0v) is 19.1. The molecule has 5 aromatic rings. The molecule has 2 aromatic carbocycles. The molecule has 0 amide bonds. The van der Waals surface area contributed by atoms with Crippen molar-refractivity contribution in [3.05, 3.63) is 86.4 Å². The third kappa shape index (κ3) is 3.29. The Labute approximate surface area is 189 Å². The summed E-state index contributed by atoms with van der Waals surface area (Å²) in [6.07, 6.45) is 0. The Morgan fingerprint density at radius 3 is 2.53 bits per heavy atom. The summed E-state index contributed by atoms with van der Waals surface area (Å²) < 4.78 is 4.72. The molecule has 0 radical (unpaired) electrons. The van der Waals surface area contributed by atoms with Crippen molar-refractivity contribution in [1.82, 2.24) is 18.9 Å². The smallest absolute Gasteiger partial charge is 0.276 e. The van der Waals surface area contributed by atoms with Gasteiger partial charge in [-0.05, 0) is 33.7 Å². The van der Waals surface area contributed by atoms with E-state index in [1.807, 2.05) is 40.4 Å². The van der Waals surface area contributed by atoms with Crippen molar-refractivity contribution in [2.75, 3.05) is 0 Å². The Bertz CT molecular complexity index is 1550. The summed E-state index contributed by atoms with van der Waals surface area (Å²) in [4.78, 5) is 27.2. The molecule has 0 aliphatic carbocycles. The Morgan fingerprint density at radius 2 is 1.78 bits per heavy atom. The molecule has 3 heterocycles. The lowest BCUT2D eigenvalue weighted by Crippen LogP contribution is -2.38. The normalized spacial score (nSPS) is 11.8. The van der Waals surface area contributed by atoms with Gasteiger partial charge in [0.25, 0.3) is 5.56 Å². The van der Waals surface area contributed by atoms with E-state index in [1.54, 1.807) is 23.0 Å². The van der Waals surface area contributed by atoms with Crippen LogP contribution < -0.4 is 11.2 Å². The van der Waals surface area contributed by atoms with Crippen LogP contribution in [0, 0.1) is 5.92 Å². The molecule has 6 nitrogen and oxygen atoms in total. The molecule has 0 saturated carbocycles. The molecule has 0 aliphatic heterocycles. The summed E-state index contributed by atoms with van der Waals surface area (Å²) in [6, 6.07) is 18.4. The minimum atomic E-state index is -0.330. The molecule has 0 N–H and O–H groups in total. The minimum absolute atomic E-state index is 0.238. The summed E-state index contributed by atoms with van der Waals surface area (Å²) in [7, 11) is 1.54. The summed E-state index contributed by atoms with van der Waals surface area (Å²) >= 11 is 1.57. The molecule has 0 saturated heterocycles. The van der Waals surface area contributed by atoms with Gasteiger partial charge in [-0.2, -0.15) is 5.10 Å². The average molecular weight is 445 g/mol. The zero-order valence-electron chi connectivity index (χ0n) is 18.3. The second-order valence-corrected chi connectivity index (χ2v) is 9.42. The van der Waals surface area contributed by atoms with Crippen LogP contribution in [0.3, 0.4) is 0 Å². The van der Waals surface area contributed by atoms with Gasteiger partial charge >= 0.3 is 5.69 Å². The molecule has 0 aliphatic rings. The summed E-state index contributed by atoms with van der Waals surface area (Å²) in [5.41, 5.74) is 1.70. The molecule has 0 atom stereocenters. The van der Waals surface area contributed by atoms with Crippen molar-refractivity contribution in [3.63, 3.8) is 0 Å². The second-order valence-electron chi connectivity index (χ2n) is 8.47. The van der Waals surface area contributed by atoms with Gasteiger partial charge in [-0.1, -0.05) is 62.4 Å². The largest absolute Gasteiger partial charge is 0.332 e. The molecular weight excluding hydrogens is 420 g/mol. The van der Waals surface area contributed by atoms with Crippen molar-refractivity contribution in [2.24, 2.45) is 13.0 Å². The predicted molar refractivity (Wildman–Crippen MR) is 130 cm³/mol. The van der Waals surface area contributed by atoms with Crippen LogP contribution >= 0.6 is 11.3 Å². The Balaban J connectivity index is 1.83. The van der Waals surface area contributed by atoms with E-state index >= 15 is 0 Å². The first-order chi connectivity index (χ1) is 15.5. The SMILES string of the molecule is CC(C)Cn1c(=O)n(C)c(=O)c2c(-c3cccs3)n(Cc3cccc4ccccc34)nc21. The van der Waals surface area contributed by atoms with Crippen LogP contribution in [-0.2, 0) is 20.1 Å². The monoisotopic (exact) mass is 444 g/mol. The molecule has 3 aromatic heterocycles. The van der Waals surface area contributed by atoms with E-state index < -0.39 is 0 Å². The predicted octanol–water partition coefficient (Wildman–Crippen LogP) is 4.48. The van der Waals surface area contributed by atoms with E-state index in [-0.39, 0.29) is 17.2 Å². The number of hydrogen-bond donors (Lipinski definition) is 0. The van der Waals surface area contributed by atoms with Crippen molar-refractivity contribution < 1.29 is 0 Å². The van der Waals surface area contributed by atoms with Crippen molar-refractivity contribution >= 4 is 33.1 Å². The van der Waals surface area contributed by atoms with Crippen molar-refractivity contribution in [2.45, 2.75) is 26.9 Å². The highest BCUT2D eigenvalue weighted by atomic mass is 32.1. The fraction of sp³-hybridized carbons (Fsp3) is 0.240. The van der Waals surface area contributed by atoms with E-state index in [0.29, 0.717) is 24.1 Å². The number of hydrogen-bond acceptors (Lipinski definition) is 4. The topological polar surface area (TPSA) is 61.8 Å². The van der Waals surface area contributed by atoms with Crippen LogP contribution in [0.2, 0.25) is 0 Å². The van der Waals surface area contributed by atoms with Crippen LogP contribution in [0.25, 0.3) is 32.4 Å². The number of rotatable bonds is 5. The first kappa shape index (κ1) is 20.5. The molecule has 0 unspecified atom stereocenters. The highest BCUT2D eigenvalue weighted by molar-refractivity contribution is 7.13. The number of fused-ring (bicyclic) bond motifs is 2. The van der Waals surface area contributed by atoms with Crippen molar-refractivity contribution in [3.8, 4) is 10.6 Å². The first-order valence-electron chi connectivity index (χ1n) is 10.7. The average Bonchev–Trinajstić information content (AvgIpc) is 3.43. The maximum absolute atomic E-state index is 13.3. The molecule has 0 fully saturated rings. The molecule has 0 spiro atoms.